The van der Waals surface area contributed by atoms with E-state index >= 15 is 0 Å². The number of hydrogen-bond acceptors (Lipinski definition) is 3. The second kappa shape index (κ2) is 5.20. The van der Waals surface area contributed by atoms with Crippen LogP contribution in [0.5, 0.6) is 5.75 Å². The summed E-state index contributed by atoms with van der Waals surface area (Å²) in [5.74, 6) is 0.0701. The zero-order valence-electron chi connectivity index (χ0n) is 12.3. The predicted molar refractivity (Wildman–Crippen MR) is 81.8 cm³/mol. The van der Waals surface area contributed by atoms with Crippen LogP contribution >= 0.6 is 0 Å². The van der Waals surface area contributed by atoms with Crippen molar-refractivity contribution in [2.45, 2.75) is 26.7 Å². The number of benzene rings is 1. The Morgan fingerprint density at radius 3 is 2.81 bits per heavy atom. The molecule has 0 atom stereocenters. The maximum atomic E-state index is 12.8. The van der Waals surface area contributed by atoms with E-state index < -0.39 is 0 Å². The molecule has 1 aliphatic rings. The molecular formula is C17H18N2O2. The number of rotatable bonds is 1. The Bertz CT molecular complexity index is 710. The lowest BCUT2D eigenvalue weighted by Gasteiger charge is -2.30. The van der Waals surface area contributed by atoms with Gasteiger partial charge in [0, 0.05) is 12.2 Å². The third-order valence-electron chi connectivity index (χ3n) is 3.90. The maximum absolute atomic E-state index is 12.8. The topological polar surface area (TPSA) is 53.4 Å². The van der Waals surface area contributed by atoms with Gasteiger partial charge in [-0.1, -0.05) is 12.1 Å². The fraction of sp³-hybridized carbons (Fsp3) is 0.294. The van der Waals surface area contributed by atoms with E-state index in [4.69, 9.17) is 0 Å². The molecule has 1 aliphatic heterocycles. The number of pyridine rings is 1. The van der Waals surface area contributed by atoms with Crippen molar-refractivity contribution in [3.8, 4) is 5.75 Å². The van der Waals surface area contributed by atoms with Gasteiger partial charge >= 0.3 is 0 Å². The fourth-order valence-corrected chi connectivity index (χ4v) is 2.89. The fourth-order valence-electron chi connectivity index (χ4n) is 2.89. The summed E-state index contributed by atoms with van der Waals surface area (Å²) in [4.78, 5) is 18.9. The van der Waals surface area contributed by atoms with Crippen molar-refractivity contribution < 1.29 is 9.90 Å². The summed E-state index contributed by atoms with van der Waals surface area (Å²) in [5, 5.41) is 10.1. The molecule has 0 saturated heterocycles. The van der Waals surface area contributed by atoms with Crippen LogP contribution in [0.25, 0.3) is 0 Å². The average Bonchev–Trinajstić information content (AvgIpc) is 2.46. The molecule has 2 heterocycles. The van der Waals surface area contributed by atoms with E-state index in [2.05, 4.69) is 4.98 Å². The molecule has 0 radical (unpaired) electrons. The number of anilines is 1. The Morgan fingerprint density at radius 1 is 1.24 bits per heavy atom. The second-order valence-electron chi connectivity index (χ2n) is 5.43. The highest BCUT2D eigenvalue weighted by Crippen LogP contribution is 2.36. The molecule has 1 amide bonds. The number of aromatic nitrogens is 1. The van der Waals surface area contributed by atoms with E-state index in [0.717, 1.165) is 29.8 Å². The number of fused-ring (bicyclic) bond motifs is 1. The van der Waals surface area contributed by atoms with Gasteiger partial charge in [-0.2, -0.15) is 0 Å². The van der Waals surface area contributed by atoms with Gasteiger partial charge in [0.2, 0.25) is 0 Å². The monoisotopic (exact) mass is 282 g/mol. The Labute approximate surface area is 124 Å². The van der Waals surface area contributed by atoms with Gasteiger partial charge in [0.15, 0.2) is 0 Å². The van der Waals surface area contributed by atoms with Gasteiger partial charge in [-0.25, -0.2) is 0 Å². The van der Waals surface area contributed by atoms with Crippen molar-refractivity contribution in [3.05, 3.63) is 52.8 Å². The van der Waals surface area contributed by atoms with E-state index in [-0.39, 0.29) is 11.7 Å². The SMILES string of the molecule is Cc1ccc(C(=O)N2CCCc3cccc(O)c32)c(C)n1. The van der Waals surface area contributed by atoms with Crippen molar-refractivity contribution >= 4 is 11.6 Å². The summed E-state index contributed by atoms with van der Waals surface area (Å²) in [6, 6.07) is 9.07. The minimum atomic E-state index is -0.0950. The van der Waals surface area contributed by atoms with Crippen LogP contribution in [0, 0.1) is 13.8 Å². The highest BCUT2D eigenvalue weighted by molar-refractivity contribution is 6.08. The van der Waals surface area contributed by atoms with Gasteiger partial charge < -0.3 is 10.0 Å². The molecule has 0 saturated carbocycles. The number of nitrogens with zero attached hydrogens (tertiary/aromatic N) is 2. The third-order valence-corrected chi connectivity index (χ3v) is 3.90. The normalized spacial score (nSPS) is 13.9. The van der Waals surface area contributed by atoms with Crippen LogP contribution in [0.3, 0.4) is 0 Å². The van der Waals surface area contributed by atoms with E-state index in [1.807, 2.05) is 38.1 Å². The van der Waals surface area contributed by atoms with Crippen molar-refractivity contribution in [1.82, 2.24) is 4.98 Å². The summed E-state index contributed by atoms with van der Waals surface area (Å²) >= 11 is 0. The minimum absolute atomic E-state index is 0.0950. The van der Waals surface area contributed by atoms with Gasteiger partial charge in [0.05, 0.1) is 16.9 Å². The molecular weight excluding hydrogens is 264 g/mol. The summed E-state index contributed by atoms with van der Waals surface area (Å²) < 4.78 is 0. The van der Waals surface area contributed by atoms with Gasteiger partial charge in [-0.15, -0.1) is 0 Å². The Balaban J connectivity index is 2.04. The molecule has 0 fully saturated rings. The zero-order chi connectivity index (χ0) is 15.0. The molecule has 108 valence electrons. The molecule has 21 heavy (non-hydrogen) atoms. The summed E-state index contributed by atoms with van der Waals surface area (Å²) in [6.45, 7) is 4.37. The molecule has 4 heteroatoms. The van der Waals surface area contributed by atoms with E-state index in [1.165, 1.54) is 0 Å². The van der Waals surface area contributed by atoms with Crippen LogP contribution in [0.15, 0.2) is 30.3 Å². The number of aryl methyl sites for hydroxylation is 3. The smallest absolute Gasteiger partial charge is 0.260 e. The quantitative estimate of drug-likeness (QED) is 0.874. The highest BCUT2D eigenvalue weighted by atomic mass is 16.3. The number of phenolic OH excluding ortho intramolecular Hbond substituents is 1. The maximum Gasteiger partial charge on any atom is 0.260 e. The van der Waals surface area contributed by atoms with Crippen molar-refractivity contribution in [1.29, 1.82) is 0 Å². The predicted octanol–water partition coefficient (Wildman–Crippen LogP) is 3.00. The molecule has 1 aromatic carbocycles. The molecule has 1 N–H and O–H groups in total. The second-order valence-corrected chi connectivity index (χ2v) is 5.43. The molecule has 0 bridgehead atoms. The number of amides is 1. The van der Waals surface area contributed by atoms with Gasteiger partial charge in [-0.3, -0.25) is 9.78 Å². The van der Waals surface area contributed by atoms with E-state index in [1.54, 1.807) is 11.0 Å². The minimum Gasteiger partial charge on any atom is -0.506 e. The Kier molecular flexibility index (Phi) is 3.37. The summed E-state index contributed by atoms with van der Waals surface area (Å²) in [7, 11) is 0. The summed E-state index contributed by atoms with van der Waals surface area (Å²) in [5.41, 5.74) is 3.88. The summed E-state index contributed by atoms with van der Waals surface area (Å²) in [6.07, 6.45) is 1.79. The number of aromatic hydroxyl groups is 1. The first kappa shape index (κ1) is 13.6. The van der Waals surface area contributed by atoms with Crippen LogP contribution in [-0.2, 0) is 6.42 Å². The van der Waals surface area contributed by atoms with Crippen LogP contribution in [-0.4, -0.2) is 22.5 Å². The van der Waals surface area contributed by atoms with Crippen LogP contribution in [0.2, 0.25) is 0 Å². The zero-order valence-corrected chi connectivity index (χ0v) is 12.3. The first-order valence-electron chi connectivity index (χ1n) is 7.15. The number of hydrogen-bond donors (Lipinski definition) is 1. The molecule has 4 nitrogen and oxygen atoms in total. The Morgan fingerprint density at radius 2 is 2.05 bits per heavy atom. The van der Waals surface area contributed by atoms with Gasteiger partial charge in [-0.05, 0) is 50.5 Å². The standard InChI is InChI=1S/C17H18N2O2/c1-11-8-9-14(12(2)18-11)17(21)19-10-4-6-13-5-3-7-15(20)16(13)19/h3,5,7-9,20H,4,6,10H2,1-2H3. The lowest BCUT2D eigenvalue weighted by Crippen LogP contribution is -2.36. The number of phenols is 1. The van der Waals surface area contributed by atoms with E-state index in [0.29, 0.717) is 17.8 Å². The lowest BCUT2D eigenvalue weighted by molar-refractivity contribution is 0.0983. The highest BCUT2D eigenvalue weighted by Gasteiger charge is 2.27. The Hall–Kier alpha value is -2.36. The molecule has 2 aromatic rings. The third kappa shape index (κ3) is 2.37. The van der Waals surface area contributed by atoms with E-state index in [9.17, 15) is 9.90 Å². The van der Waals surface area contributed by atoms with Crippen molar-refractivity contribution in [2.75, 3.05) is 11.4 Å². The average molecular weight is 282 g/mol. The van der Waals surface area contributed by atoms with Gasteiger partial charge in [0.1, 0.15) is 5.75 Å². The molecule has 0 unspecified atom stereocenters. The molecule has 1 aromatic heterocycles. The van der Waals surface area contributed by atoms with Gasteiger partial charge in [0.25, 0.3) is 5.91 Å². The number of carbonyl (C=O) groups is 1. The molecule has 3 rings (SSSR count). The van der Waals surface area contributed by atoms with Crippen LogP contribution in [0.4, 0.5) is 5.69 Å². The first-order valence-corrected chi connectivity index (χ1v) is 7.15. The lowest BCUT2D eigenvalue weighted by atomic mass is 10.00. The number of para-hydroxylation sites is 1. The van der Waals surface area contributed by atoms with Crippen LogP contribution < -0.4 is 4.90 Å². The van der Waals surface area contributed by atoms with Crippen molar-refractivity contribution in [3.63, 3.8) is 0 Å². The molecule has 0 aliphatic carbocycles. The van der Waals surface area contributed by atoms with Crippen molar-refractivity contribution in [2.24, 2.45) is 0 Å². The van der Waals surface area contributed by atoms with Crippen LogP contribution in [0.1, 0.15) is 33.7 Å². The largest absolute Gasteiger partial charge is 0.506 e. The molecule has 0 spiro atoms. The number of carbonyl (C=O) groups excluding carboxylic acids is 1. The first-order chi connectivity index (χ1) is 10.1.